The summed E-state index contributed by atoms with van der Waals surface area (Å²) < 4.78 is 38.2. The van der Waals surface area contributed by atoms with Gasteiger partial charge in [0.15, 0.2) is 0 Å². The van der Waals surface area contributed by atoms with Crippen LogP contribution in [0, 0.1) is 0 Å². The zero-order chi connectivity index (χ0) is 21.2. The molecule has 2 atom stereocenters. The lowest BCUT2D eigenvalue weighted by Crippen LogP contribution is -2.59. The second kappa shape index (κ2) is 8.71. The Hall–Kier alpha value is -2.13. The smallest absolute Gasteiger partial charge is 0.392 e. The molecule has 0 bridgehead atoms. The van der Waals surface area contributed by atoms with E-state index in [2.05, 4.69) is 4.90 Å². The molecule has 1 N–H and O–H groups in total. The van der Waals surface area contributed by atoms with Gasteiger partial charge < -0.3 is 14.9 Å². The zero-order valence-electron chi connectivity index (χ0n) is 16.4. The minimum atomic E-state index is -4.41. The third kappa shape index (κ3) is 5.48. The molecule has 1 aromatic carbocycles. The van der Waals surface area contributed by atoms with Crippen molar-refractivity contribution in [2.45, 2.75) is 38.1 Å². The Morgan fingerprint density at radius 3 is 2.34 bits per heavy atom. The number of piperazine rings is 1. The Morgan fingerprint density at radius 2 is 1.79 bits per heavy atom. The normalized spacial score (nSPS) is 23.5. The second-order valence-electron chi connectivity index (χ2n) is 7.78. The number of alkyl halides is 3. The number of benzene rings is 1. The fraction of sp³-hybridized carbons (Fsp3) is 0.600. The van der Waals surface area contributed by atoms with Crippen LogP contribution in [0.3, 0.4) is 0 Å². The van der Waals surface area contributed by atoms with Gasteiger partial charge in [-0.15, -0.1) is 0 Å². The fourth-order valence-corrected chi connectivity index (χ4v) is 3.99. The lowest BCUT2D eigenvalue weighted by atomic mass is 10.1. The van der Waals surface area contributed by atoms with E-state index in [1.807, 2.05) is 0 Å². The van der Waals surface area contributed by atoms with Crippen molar-refractivity contribution >= 4 is 11.8 Å². The Kier molecular flexibility index (Phi) is 6.48. The Bertz CT molecular complexity index is 739. The number of likely N-dealkylation sites (tertiary alicyclic amines) is 1. The number of aliphatic hydroxyl groups excluding tert-OH is 1. The number of carbonyl (C=O) groups excluding carboxylic acids is 2. The summed E-state index contributed by atoms with van der Waals surface area (Å²) >= 11 is 0. The molecular weight excluding hydrogens is 387 g/mol. The highest BCUT2D eigenvalue weighted by atomic mass is 19.4. The fourth-order valence-electron chi connectivity index (χ4n) is 3.99. The van der Waals surface area contributed by atoms with Crippen molar-refractivity contribution in [3.63, 3.8) is 0 Å². The van der Waals surface area contributed by atoms with Crippen molar-refractivity contribution in [3.05, 3.63) is 35.4 Å². The van der Waals surface area contributed by atoms with E-state index in [1.54, 1.807) is 9.80 Å². The minimum Gasteiger partial charge on any atom is -0.392 e. The standard InChI is InChI=1S/C20H26F3N3O3/c1-14(27)25-8-9-26(17(12-25)11-24-7-6-18(28)13-24)19(29)10-15-2-4-16(5-3-15)20(21,22)23/h2-5,17-18,28H,6-13H2,1H3/t17-,18-/m0/s1. The van der Waals surface area contributed by atoms with Gasteiger partial charge in [-0.25, -0.2) is 0 Å². The van der Waals surface area contributed by atoms with Crippen LogP contribution in [0.5, 0.6) is 0 Å². The molecule has 9 heteroatoms. The van der Waals surface area contributed by atoms with Gasteiger partial charge >= 0.3 is 6.18 Å². The summed E-state index contributed by atoms with van der Waals surface area (Å²) in [7, 11) is 0. The van der Waals surface area contributed by atoms with Gasteiger partial charge in [0.05, 0.1) is 24.1 Å². The molecule has 3 rings (SSSR count). The molecule has 0 aliphatic carbocycles. The van der Waals surface area contributed by atoms with Gasteiger partial charge in [-0.05, 0) is 24.1 Å². The third-order valence-electron chi connectivity index (χ3n) is 5.60. The maximum absolute atomic E-state index is 12.9. The van der Waals surface area contributed by atoms with E-state index in [0.717, 1.165) is 18.7 Å². The molecule has 0 unspecified atom stereocenters. The van der Waals surface area contributed by atoms with Gasteiger partial charge in [-0.3, -0.25) is 14.5 Å². The molecular formula is C20H26F3N3O3. The van der Waals surface area contributed by atoms with Crippen LogP contribution in [0.4, 0.5) is 13.2 Å². The largest absolute Gasteiger partial charge is 0.416 e. The Morgan fingerprint density at radius 1 is 1.10 bits per heavy atom. The van der Waals surface area contributed by atoms with Crippen molar-refractivity contribution in [2.24, 2.45) is 0 Å². The third-order valence-corrected chi connectivity index (χ3v) is 5.60. The van der Waals surface area contributed by atoms with Crippen molar-refractivity contribution in [1.29, 1.82) is 0 Å². The van der Waals surface area contributed by atoms with Crippen LogP contribution in [-0.4, -0.2) is 83.0 Å². The lowest BCUT2D eigenvalue weighted by Gasteiger charge is -2.42. The summed E-state index contributed by atoms with van der Waals surface area (Å²) in [5.41, 5.74) is -0.221. The minimum absolute atomic E-state index is 0.0112. The summed E-state index contributed by atoms with van der Waals surface area (Å²) in [6.07, 6.45) is -4.09. The van der Waals surface area contributed by atoms with E-state index in [4.69, 9.17) is 0 Å². The molecule has 6 nitrogen and oxygen atoms in total. The Balaban J connectivity index is 1.68. The number of β-amino-alcohol motifs (C(OH)–C–C–N with tert-alkyl or cyclic N) is 1. The van der Waals surface area contributed by atoms with Crippen LogP contribution in [0.2, 0.25) is 0 Å². The summed E-state index contributed by atoms with van der Waals surface area (Å²) in [5.74, 6) is -0.219. The highest BCUT2D eigenvalue weighted by molar-refractivity contribution is 5.80. The molecule has 2 aliphatic heterocycles. The molecule has 1 aromatic rings. The van der Waals surface area contributed by atoms with E-state index in [-0.39, 0.29) is 30.4 Å². The number of carbonyl (C=O) groups is 2. The summed E-state index contributed by atoms with van der Waals surface area (Å²) in [6.45, 7) is 4.57. The van der Waals surface area contributed by atoms with Gasteiger partial charge in [0.1, 0.15) is 0 Å². The average Bonchev–Trinajstić information content (AvgIpc) is 3.06. The monoisotopic (exact) mass is 413 g/mol. The number of amides is 2. The predicted octanol–water partition coefficient (Wildman–Crippen LogP) is 1.37. The lowest BCUT2D eigenvalue weighted by molar-refractivity contribution is -0.142. The van der Waals surface area contributed by atoms with Crippen LogP contribution in [-0.2, 0) is 22.2 Å². The summed E-state index contributed by atoms with van der Waals surface area (Å²) in [4.78, 5) is 30.2. The summed E-state index contributed by atoms with van der Waals surface area (Å²) in [5, 5.41) is 9.75. The molecule has 2 aliphatic rings. The number of aliphatic hydroxyl groups is 1. The van der Waals surface area contributed by atoms with E-state index in [0.29, 0.717) is 44.7 Å². The number of hydrogen-bond acceptors (Lipinski definition) is 4. The number of rotatable bonds is 4. The summed E-state index contributed by atoms with van der Waals surface area (Å²) in [6, 6.07) is 4.43. The molecule has 0 spiro atoms. The van der Waals surface area contributed by atoms with Gasteiger partial charge in [0.2, 0.25) is 11.8 Å². The first-order valence-electron chi connectivity index (χ1n) is 9.75. The van der Waals surface area contributed by atoms with Gasteiger partial charge in [-0.2, -0.15) is 13.2 Å². The molecule has 160 valence electrons. The molecule has 0 radical (unpaired) electrons. The quantitative estimate of drug-likeness (QED) is 0.810. The average molecular weight is 413 g/mol. The second-order valence-corrected chi connectivity index (χ2v) is 7.78. The molecule has 2 fully saturated rings. The van der Waals surface area contributed by atoms with Gasteiger partial charge in [0, 0.05) is 46.2 Å². The molecule has 2 saturated heterocycles. The first kappa shape index (κ1) is 21.6. The predicted molar refractivity (Wildman–Crippen MR) is 100.0 cm³/mol. The van der Waals surface area contributed by atoms with Gasteiger partial charge in [-0.1, -0.05) is 12.1 Å². The SMILES string of the molecule is CC(=O)N1CCN(C(=O)Cc2ccc(C(F)(F)F)cc2)[C@@H](CN2CC[C@H](O)C2)C1. The topological polar surface area (TPSA) is 64.1 Å². The molecule has 29 heavy (non-hydrogen) atoms. The Labute approximate surface area is 167 Å². The number of hydrogen-bond donors (Lipinski definition) is 1. The van der Waals surface area contributed by atoms with Crippen molar-refractivity contribution in [1.82, 2.24) is 14.7 Å². The van der Waals surface area contributed by atoms with E-state index < -0.39 is 11.7 Å². The highest BCUT2D eigenvalue weighted by Gasteiger charge is 2.34. The van der Waals surface area contributed by atoms with Crippen molar-refractivity contribution in [3.8, 4) is 0 Å². The number of nitrogens with zero attached hydrogens (tertiary/aromatic N) is 3. The van der Waals surface area contributed by atoms with Crippen molar-refractivity contribution < 1.29 is 27.9 Å². The van der Waals surface area contributed by atoms with Crippen LogP contribution < -0.4 is 0 Å². The molecule has 2 heterocycles. The van der Waals surface area contributed by atoms with E-state index >= 15 is 0 Å². The van der Waals surface area contributed by atoms with Crippen LogP contribution in [0.25, 0.3) is 0 Å². The van der Waals surface area contributed by atoms with Crippen molar-refractivity contribution in [2.75, 3.05) is 39.3 Å². The number of halogens is 3. The molecule has 0 aromatic heterocycles. The van der Waals surface area contributed by atoms with Crippen LogP contribution in [0.15, 0.2) is 24.3 Å². The van der Waals surface area contributed by atoms with E-state index in [9.17, 15) is 27.9 Å². The molecule has 2 amide bonds. The maximum atomic E-state index is 12.9. The first-order valence-corrected chi connectivity index (χ1v) is 9.75. The van der Waals surface area contributed by atoms with E-state index in [1.165, 1.54) is 19.1 Å². The van der Waals surface area contributed by atoms with Gasteiger partial charge in [0.25, 0.3) is 0 Å². The van der Waals surface area contributed by atoms with Crippen LogP contribution in [0.1, 0.15) is 24.5 Å². The first-order chi connectivity index (χ1) is 13.6. The maximum Gasteiger partial charge on any atom is 0.416 e. The zero-order valence-corrected chi connectivity index (χ0v) is 16.4. The van der Waals surface area contributed by atoms with Crippen LogP contribution >= 0.6 is 0 Å². The highest BCUT2D eigenvalue weighted by Crippen LogP contribution is 2.29. The molecule has 0 saturated carbocycles.